The lowest BCUT2D eigenvalue weighted by atomic mass is 10.1. The molecule has 0 bridgehead atoms. The minimum atomic E-state index is -0.543. The van der Waals surface area contributed by atoms with Crippen LogP contribution < -0.4 is 5.32 Å². The first-order valence-electron chi connectivity index (χ1n) is 7.39. The summed E-state index contributed by atoms with van der Waals surface area (Å²) in [5.74, 6) is -0.988. The number of carbonyl (C=O) groups excluding carboxylic acids is 1. The van der Waals surface area contributed by atoms with Gasteiger partial charge >= 0.3 is 0 Å². The Bertz CT molecular complexity index is 847. The summed E-state index contributed by atoms with van der Waals surface area (Å²) in [5.41, 5.74) is 1.93. The molecule has 1 heterocycles. The topological polar surface area (TPSA) is 46.9 Å². The van der Waals surface area contributed by atoms with Crippen LogP contribution >= 0.6 is 15.9 Å². The van der Waals surface area contributed by atoms with Crippen LogP contribution in [0.3, 0.4) is 0 Å². The zero-order chi connectivity index (χ0) is 17.1. The lowest BCUT2D eigenvalue weighted by Gasteiger charge is -2.15. The maximum Gasteiger partial charge on any atom is 0.254 e. The summed E-state index contributed by atoms with van der Waals surface area (Å²) in [5, 5.41) is 2.82. The fraction of sp³-hybridized carbons (Fsp3) is 0.111. The van der Waals surface area contributed by atoms with Crippen molar-refractivity contribution < 1.29 is 9.18 Å². The first-order valence-corrected chi connectivity index (χ1v) is 8.18. The second-order valence-electron chi connectivity index (χ2n) is 5.38. The predicted octanol–water partition coefficient (Wildman–Crippen LogP) is 4.26. The summed E-state index contributed by atoms with van der Waals surface area (Å²) < 4.78 is 16.3. The Morgan fingerprint density at radius 2 is 2.00 bits per heavy atom. The Morgan fingerprint density at radius 3 is 2.67 bits per heavy atom. The van der Waals surface area contributed by atoms with E-state index < -0.39 is 11.7 Å². The normalized spacial score (nSPS) is 12.0. The first-order chi connectivity index (χ1) is 11.5. The second-order valence-corrected chi connectivity index (χ2v) is 6.30. The molecule has 1 N–H and O–H groups in total. The molecule has 1 atom stereocenters. The molecule has 0 spiro atoms. The van der Waals surface area contributed by atoms with Gasteiger partial charge in [-0.2, -0.15) is 0 Å². The average molecular weight is 388 g/mol. The number of rotatable bonds is 4. The quantitative estimate of drug-likeness (QED) is 0.726. The van der Waals surface area contributed by atoms with Crippen molar-refractivity contribution in [2.45, 2.75) is 13.0 Å². The van der Waals surface area contributed by atoms with Gasteiger partial charge in [-0.15, -0.1) is 0 Å². The van der Waals surface area contributed by atoms with Crippen LogP contribution in [0.5, 0.6) is 0 Å². The lowest BCUT2D eigenvalue weighted by molar-refractivity contribution is 0.0935. The summed E-state index contributed by atoms with van der Waals surface area (Å²) in [4.78, 5) is 16.3. The minimum absolute atomic E-state index is 0.0197. The number of benzene rings is 2. The highest BCUT2D eigenvalue weighted by Crippen LogP contribution is 2.19. The number of nitrogens with zero attached hydrogens (tertiary/aromatic N) is 2. The standard InChI is InChI=1S/C18H15BrFN3O/c1-12(22-18(24)16-10-14(19)4-7-17(16)20)13-2-5-15(6-3-13)23-9-8-21-11-23/h2-12H,1H3,(H,22,24). The molecule has 0 aliphatic rings. The Kier molecular flexibility index (Phi) is 4.76. The van der Waals surface area contributed by atoms with E-state index in [-0.39, 0.29) is 11.6 Å². The zero-order valence-electron chi connectivity index (χ0n) is 12.9. The van der Waals surface area contributed by atoms with Gasteiger partial charge in [-0.05, 0) is 42.8 Å². The fourth-order valence-electron chi connectivity index (χ4n) is 2.38. The summed E-state index contributed by atoms with van der Waals surface area (Å²) >= 11 is 3.25. The summed E-state index contributed by atoms with van der Waals surface area (Å²) in [6, 6.07) is 11.8. The van der Waals surface area contributed by atoms with Crippen molar-refractivity contribution in [3.63, 3.8) is 0 Å². The van der Waals surface area contributed by atoms with Crippen LogP contribution in [0, 0.1) is 5.82 Å². The summed E-state index contributed by atoms with van der Waals surface area (Å²) in [6.45, 7) is 1.86. The monoisotopic (exact) mass is 387 g/mol. The molecule has 3 rings (SSSR count). The van der Waals surface area contributed by atoms with E-state index in [1.807, 2.05) is 42.0 Å². The molecule has 0 saturated carbocycles. The van der Waals surface area contributed by atoms with Crippen molar-refractivity contribution >= 4 is 21.8 Å². The largest absolute Gasteiger partial charge is 0.345 e. The molecule has 3 aromatic rings. The number of hydrogen-bond donors (Lipinski definition) is 1. The van der Waals surface area contributed by atoms with Gasteiger partial charge in [-0.1, -0.05) is 28.1 Å². The van der Waals surface area contributed by atoms with E-state index in [1.54, 1.807) is 18.6 Å². The van der Waals surface area contributed by atoms with E-state index in [4.69, 9.17) is 0 Å². The number of nitrogens with one attached hydrogen (secondary N) is 1. The maximum absolute atomic E-state index is 13.8. The van der Waals surface area contributed by atoms with Crippen molar-refractivity contribution in [1.29, 1.82) is 0 Å². The lowest BCUT2D eigenvalue weighted by Crippen LogP contribution is -2.27. The molecule has 0 aliphatic heterocycles. The van der Waals surface area contributed by atoms with E-state index in [0.717, 1.165) is 11.3 Å². The third-order valence-corrected chi connectivity index (χ3v) is 4.21. The minimum Gasteiger partial charge on any atom is -0.345 e. The van der Waals surface area contributed by atoms with E-state index >= 15 is 0 Å². The molecule has 1 aromatic heterocycles. The molecule has 0 saturated heterocycles. The van der Waals surface area contributed by atoms with E-state index in [2.05, 4.69) is 26.2 Å². The van der Waals surface area contributed by atoms with Crippen molar-refractivity contribution in [1.82, 2.24) is 14.9 Å². The van der Waals surface area contributed by atoms with Gasteiger partial charge < -0.3 is 9.88 Å². The molecule has 4 nitrogen and oxygen atoms in total. The van der Waals surface area contributed by atoms with Crippen molar-refractivity contribution in [2.24, 2.45) is 0 Å². The molecule has 24 heavy (non-hydrogen) atoms. The SMILES string of the molecule is CC(NC(=O)c1cc(Br)ccc1F)c1ccc(-n2ccnc2)cc1. The molecular formula is C18H15BrFN3O. The third kappa shape index (κ3) is 3.54. The second kappa shape index (κ2) is 6.97. The average Bonchev–Trinajstić information content (AvgIpc) is 3.11. The van der Waals surface area contributed by atoms with Gasteiger partial charge in [0.1, 0.15) is 5.82 Å². The van der Waals surface area contributed by atoms with Crippen LogP contribution in [0.4, 0.5) is 4.39 Å². The first kappa shape index (κ1) is 16.4. The van der Waals surface area contributed by atoms with Gasteiger partial charge in [0.15, 0.2) is 0 Å². The molecule has 0 fully saturated rings. The molecule has 6 heteroatoms. The van der Waals surface area contributed by atoms with Crippen molar-refractivity contribution in [2.75, 3.05) is 0 Å². The molecular weight excluding hydrogens is 373 g/mol. The van der Waals surface area contributed by atoms with Crippen LogP contribution in [0.25, 0.3) is 5.69 Å². The maximum atomic E-state index is 13.8. The summed E-state index contributed by atoms with van der Waals surface area (Å²) in [7, 11) is 0. The van der Waals surface area contributed by atoms with Gasteiger partial charge in [-0.3, -0.25) is 4.79 Å². The van der Waals surface area contributed by atoms with Crippen LogP contribution in [-0.4, -0.2) is 15.5 Å². The molecule has 2 aromatic carbocycles. The number of imidazole rings is 1. The van der Waals surface area contributed by atoms with Crippen molar-refractivity contribution in [3.8, 4) is 5.69 Å². The highest BCUT2D eigenvalue weighted by molar-refractivity contribution is 9.10. The van der Waals surface area contributed by atoms with Crippen LogP contribution in [0.2, 0.25) is 0 Å². The van der Waals surface area contributed by atoms with Gasteiger partial charge in [0, 0.05) is 22.6 Å². The Hall–Kier alpha value is -2.47. The van der Waals surface area contributed by atoms with Crippen LogP contribution in [0.1, 0.15) is 28.9 Å². The van der Waals surface area contributed by atoms with Crippen LogP contribution in [-0.2, 0) is 0 Å². The van der Waals surface area contributed by atoms with E-state index in [1.165, 1.54) is 12.1 Å². The fourth-order valence-corrected chi connectivity index (χ4v) is 2.74. The number of amides is 1. The molecule has 0 aliphatic carbocycles. The number of halogens is 2. The van der Waals surface area contributed by atoms with E-state index in [0.29, 0.717) is 4.47 Å². The van der Waals surface area contributed by atoms with Gasteiger partial charge in [0.05, 0.1) is 17.9 Å². The van der Waals surface area contributed by atoms with Gasteiger partial charge in [0.2, 0.25) is 0 Å². The van der Waals surface area contributed by atoms with Crippen molar-refractivity contribution in [3.05, 3.63) is 82.6 Å². The number of hydrogen-bond acceptors (Lipinski definition) is 2. The molecule has 1 unspecified atom stereocenters. The zero-order valence-corrected chi connectivity index (χ0v) is 14.5. The number of carbonyl (C=O) groups is 1. The smallest absolute Gasteiger partial charge is 0.254 e. The molecule has 122 valence electrons. The Balaban J connectivity index is 1.73. The van der Waals surface area contributed by atoms with Gasteiger partial charge in [0.25, 0.3) is 5.91 Å². The molecule has 0 radical (unpaired) electrons. The number of aromatic nitrogens is 2. The van der Waals surface area contributed by atoms with Crippen LogP contribution in [0.15, 0.2) is 65.7 Å². The predicted molar refractivity (Wildman–Crippen MR) is 93.5 cm³/mol. The Labute approximate surface area is 147 Å². The molecule has 1 amide bonds. The van der Waals surface area contributed by atoms with Gasteiger partial charge in [-0.25, -0.2) is 9.37 Å². The highest BCUT2D eigenvalue weighted by Gasteiger charge is 2.15. The Morgan fingerprint density at radius 1 is 1.25 bits per heavy atom. The van der Waals surface area contributed by atoms with E-state index in [9.17, 15) is 9.18 Å². The summed E-state index contributed by atoms with van der Waals surface area (Å²) in [6.07, 6.45) is 5.29. The highest BCUT2D eigenvalue weighted by atomic mass is 79.9. The third-order valence-electron chi connectivity index (χ3n) is 3.72.